The van der Waals surface area contributed by atoms with Crippen molar-refractivity contribution in [3.8, 4) is 11.1 Å². The van der Waals surface area contributed by atoms with Crippen LogP contribution in [0.25, 0.3) is 11.1 Å². The molecule has 0 bridgehead atoms. The number of amides is 1. The smallest absolute Gasteiger partial charge is 0.253 e. The second kappa shape index (κ2) is 14.4. The molecule has 0 aromatic heterocycles. The minimum absolute atomic E-state index is 0.0358. The number of rotatable bonds is 13. The first-order valence-electron chi connectivity index (χ1n) is 14.6. The number of hydrogen-bond acceptors (Lipinski definition) is 1. The third-order valence-electron chi connectivity index (χ3n) is 8.28. The molecule has 0 N–H and O–H groups in total. The highest BCUT2D eigenvalue weighted by atomic mass is 16.2. The Hall–Kier alpha value is -2.35. The van der Waals surface area contributed by atoms with E-state index in [-0.39, 0.29) is 5.91 Å². The van der Waals surface area contributed by atoms with Gasteiger partial charge in [-0.1, -0.05) is 102 Å². The lowest BCUT2D eigenvalue weighted by Gasteiger charge is -2.29. The topological polar surface area (TPSA) is 20.3 Å². The fourth-order valence-electron chi connectivity index (χ4n) is 5.88. The molecule has 1 fully saturated rings. The molecule has 1 amide bonds. The summed E-state index contributed by atoms with van der Waals surface area (Å²) in [5.74, 6) is 1.64. The van der Waals surface area contributed by atoms with Gasteiger partial charge in [0.1, 0.15) is 0 Å². The van der Waals surface area contributed by atoms with Gasteiger partial charge in [-0.3, -0.25) is 4.79 Å². The molecule has 0 spiro atoms. The predicted octanol–water partition coefficient (Wildman–Crippen LogP) is 9.87. The van der Waals surface area contributed by atoms with Crippen LogP contribution in [0.1, 0.15) is 115 Å². The quantitative estimate of drug-likeness (QED) is 0.203. The molecule has 1 aliphatic carbocycles. The maximum atomic E-state index is 12.3. The summed E-state index contributed by atoms with van der Waals surface area (Å²) < 4.78 is 0. The fraction of sp³-hybridized carbons (Fsp3) is 0.559. The van der Waals surface area contributed by atoms with Crippen LogP contribution in [0.15, 0.2) is 54.6 Å². The van der Waals surface area contributed by atoms with Crippen LogP contribution < -0.4 is 4.90 Å². The molecular formula is C34H49NO. The molecule has 2 aromatic rings. The Kier molecular flexibility index (Phi) is 11.3. The SMILES string of the molecule is C=C(C)C(=O)N(C)c1ccc(-c2ccc(C3CCC(CCCCCCCCC)CC3)cc2)c(CC)c1. The highest BCUT2D eigenvalue weighted by Gasteiger charge is 2.22. The molecule has 0 radical (unpaired) electrons. The molecule has 36 heavy (non-hydrogen) atoms. The third-order valence-corrected chi connectivity index (χ3v) is 8.28. The first kappa shape index (κ1) is 28.2. The van der Waals surface area contributed by atoms with Gasteiger partial charge in [0.15, 0.2) is 0 Å². The highest BCUT2D eigenvalue weighted by Crippen LogP contribution is 2.38. The molecule has 2 heteroatoms. The first-order chi connectivity index (χ1) is 17.4. The van der Waals surface area contributed by atoms with E-state index in [0.717, 1.165) is 23.9 Å². The van der Waals surface area contributed by atoms with Crippen LogP contribution >= 0.6 is 0 Å². The van der Waals surface area contributed by atoms with Crippen molar-refractivity contribution in [2.45, 2.75) is 110 Å². The maximum Gasteiger partial charge on any atom is 0.253 e. The van der Waals surface area contributed by atoms with Crippen LogP contribution in [0, 0.1) is 5.92 Å². The summed E-state index contributed by atoms with van der Waals surface area (Å²) in [6, 6.07) is 15.7. The highest BCUT2D eigenvalue weighted by molar-refractivity contribution is 6.04. The number of carbonyl (C=O) groups is 1. The van der Waals surface area contributed by atoms with Gasteiger partial charge in [-0.05, 0) is 85.3 Å². The van der Waals surface area contributed by atoms with Crippen LogP contribution in [0.5, 0.6) is 0 Å². The van der Waals surface area contributed by atoms with Gasteiger partial charge < -0.3 is 4.90 Å². The summed E-state index contributed by atoms with van der Waals surface area (Å²) in [4.78, 5) is 14.0. The van der Waals surface area contributed by atoms with Crippen molar-refractivity contribution in [1.29, 1.82) is 0 Å². The summed E-state index contributed by atoms with van der Waals surface area (Å²) in [5.41, 5.74) is 6.80. The molecule has 2 nitrogen and oxygen atoms in total. The Morgan fingerprint density at radius 3 is 2.14 bits per heavy atom. The first-order valence-corrected chi connectivity index (χ1v) is 14.6. The van der Waals surface area contributed by atoms with E-state index in [1.165, 1.54) is 99.3 Å². The lowest BCUT2D eigenvalue weighted by atomic mass is 9.77. The van der Waals surface area contributed by atoms with E-state index in [4.69, 9.17) is 0 Å². The van der Waals surface area contributed by atoms with Gasteiger partial charge >= 0.3 is 0 Å². The van der Waals surface area contributed by atoms with Gasteiger partial charge in [0, 0.05) is 18.3 Å². The molecule has 0 atom stereocenters. The number of benzene rings is 2. The van der Waals surface area contributed by atoms with E-state index in [0.29, 0.717) is 5.57 Å². The van der Waals surface area contributed by atoms with E-state index >= 15 is 0 Å². The molecule has 0 heterocycles. The molecule has 1 saturated carbocycles. The number of nitrogens with zero attached hydrogens (tertiary/aromatic N) is 1. The number of likely N-dealkylation sites (N-methyl/N-ethyl adjacent to an activating group) is 1. The van der Waals surface area contributed by atoms with Crippen LogP contribution in [-0.2, 0) is 11.2 Å². The van der Waals surface area contributed by atoms with Gasteiger partial charge in [0.05, 0.1) is 0 Å². The number of aryl methyl sites for hydroxylation is 1. The number of anilines is 1. The van der Waals surface area contributed by atoms with E-state index in [1.807, 2.05) is 7.05 Å². The van der Waals surface area contributed by atoms with Gasteiger partial charge in [-0.25, -0.2) is 0 Å². The monoisotopic (exact) mass is 487 g/mol. The Balaban J connectivity index is 1.53. The fourth-order valence-corrected chi connectivity index (χ4v) is 5.88. The molecule has 2 aromatic carbocycles. The van der Waals surface area contributed by atoms with Gasteiger partial charge in [-0.15, -0.1) is 0 Å². The summed E-state index contributed by atoms with van der Waals surface area (Å²) in [6.45, 7) is 10.0. The molecule has 196 valence electrons. The zero-order chi connectivity index (χ0) is 25.9. The maximum absolute atomic E-state index is 12.3. The Morgan fingerprint density at radius 1 is 0.889 bits per heavy atom. The summed E-state index contributed by atoms with van der Waals surface area (Å²) in [7, 11) is 1.82. The van der Waals surface area contributed by atoms with Crippen LogP contribution in [0.3, 0.4) is 0 Å². The standard InChI is InChI=1S/C34H49NO/c1-6-8-9-10-11-12-13-14-27-15-17-29(18-16-27)30-19-21-31(22-20-30)33-24-23-32(25-28(33)7-2)35(5)34(36)26(3)4/h19-25,27,29H,3,6-18H2,1-2,4-5H3. The van der Waals surface area contributed by atoms with Crippen LogP contribution in [-0.4, -0.2) is 13.0 Å². The van der Waals surface area contributed by atoms with Crippen molar-refractivity contribution in [2.75, 3.05) is 11.9 Å². The largest absolute Gasteiger partial charge is 0.312 e. The van der Waals surface area contributed by atoms with Gasteiger partial charge in [-0.2, -0.15) is 0 Å². The average Bonchev–Trinajstić information content (AvgIpc) is 2.91. The van der Waals surface area contributed by atoms with E-state index in [2.05, 4.69) is 62.9 Å². The average molecular weight is 488 g/mol. The van der Waals surface area contributed by atoms with Crippen molar-refractivity contribution in [3.63, 3.8) is 0 Å². The summed E-state index contributed by atoms with van der Waals surface area (Å²) in [6.07, 6.45) is 17.8. The van der Waals surface area contributed by atoms with Crippen molar-refractivity contribution in [2.24, 2.45) is 5.92 Å². The molecule has 0 saturated heterocycles. The predicted molar refractivity (Wildman–Crippen MR) is 157 cm³/mol. The van der Waals surface area contributed by atoms with Crippen molar-refractivity contribution in [3.05, 3.63) is 65.7 Å². The summed E-state index contributed by atoms with van der Waals surface area (Å²) >= 11 is 0. The molecule has 1 aliphatic rings. The molecule has 0 aliphatic heterocycles. The Morgan fingerprint density at radius 2 is 1.53 bits per heavy atom. The van der Waals surface area contributed by atoms with Crippen LogP contribution in [0.4, 0.5) is 5.69 Å². The lowest BCUT2D eigenvalue weighted by Crippen LogP contribution is -2.26. The van der Waals surface area contributed by atoms with Gasteiger partial charge in [0.25, 0.3) is 5.91 Å². The Labute approximate surface area is 221 Å². The van der Waals surface area contributed by atoms with Crippen LogP contribution in [0.2, 0.25) is 0 Å². The number of carbonyl (C=O) groups excluding carboxylic acids is 1. The zero-order valence-electron chi connectivity index (χ0n) is 23.5. The second-order valence-electron chi connectivity index (χ2n) is 11.1. The van der Waals surface area contributed by atoms with E-state index in [9.17, 15) is 4.79 Å². The molecule has 3 rings (SSSR count). The van der Waals surface area contributed by atoms with E-state index < -0.39 is 0 Å². The normalized spacial score (nSPS) is 17.7. The lowest BCUT2D eigenvalue weighted by molar-refractivity contribution is -0.114. The Bertz CT molecular complexity index is 965. The summed E-state index contributed by atoms with van der Waals surface area (Å²) in [5, 5.41) is 0. The van der Waals surface area contributed by atoms with Crippen molar-refractivity contribution >= 4 is 11.6 Å². The van der Waals surface area contributed by atoms with Crippen molar-refractivity contribution in [1.82, 2.24) is 0 Å². The minimum Gasteiger partial charge on any atom is -0.312 e. The molecule has 0 unspecified atom stereocenters. The second-order valence-corrected chi connectivity index (χ2v) is 11.1. The number of unbranched alkanes of at least 4 members (excludes halogenated alkanes) is 6. The zero-order valence-corrected chi connectivity index (χ0v) is 23.5. The van der Waals surface area contributed by atoms with E-state index in [1.54, 1.807) is 11.8 Å². The number of hydrogen-bond donors (Lipinski definition) is 0. The third kappa shape index (κ3) is 7.82. The molecular weight excluding hydrogens is 438 g/mol. The van der Waals surface area contributed by atoms with Crippen molar-refractivity contribution < 1.29 is 4.79 Å². The van der Waals surface area contributed by atoms with Gasteiger partial charge in [0.2, 0.25) is 0 Å². The minimum atomic E-state index is -0.0358.